The van der Waals surface area contributed by atoms with Crippen LogP contribution in [0.15, 0.2) is 422 Å². The Morgan fingerprint density at radius 2 is 0.562 bits per heavy atom. The number of para-hydroxylation sites is 2. The van der Waals surface area contributed by atoms with Crippen LogP contribution < -0.4 is 35.9 Å². The van der Waals surface area contributed by atoms with E-state index in [0.717, 1.165) is 77.8 Å². The van der Waals surface area contributed by atoms with Crippen LogP contribution in [0.4, 0.5) is 0 Å². The van der Waals surface area contributed by atoms with Crippen LogP contribution in [0.25, 0.3) is 22.3 Å². The topological polar surface area (TPSA) is 9.23 Å². The molecule has 2 radical (unpaired) electrons. The summed E-state index contributed by atoms with van der Waals surface area (Å²) in [5.74, 6) is 3.90. The number of benzene rings is 17. The van der Waals surface area contributed by atoms with Gasteiger partial charge in [-0.05, 0) is 248 Å². The molecule has 1 saturated carbocycles. The Balaban J connectivity index is 0.0000000891. The summed E-state index contributed by atoms with van der Waals surface area (Å²) in [6, 6.07) is 150. The highest BCUT2D eigenvalue weighted by atomic mass is 32.2. The van der Waals surface area contributed by atoms with E-state index >= 15 is 0 Å². The summed E-state index contributed by atoms with van der Waals surface area (Å²) in [6.45, 7) is 0. The van der Waals surface area contributed by atoms with Gasteiger partial charge in [-0.1, -0.05) is 423 Å². The van der Waals surface area contributed by atoms with Gasteiger partial charge in [0.1, 0.15) is 21.0 Å². The maximum atomic E-state index is 5.78. The van der Waals surface area contributed by atoms with Gasteiger partial charge in [0, 0.05) is 16.2 Å². The van der Waals surface area contributed by atoms with E-state index < -0.39 is 8.07 Å². The van der Waals surface area contributed by atoms with Crippen LogP contribution >= 0.6 is 11.8 Å². The lowest BCUT2D eigenvalue weighted by atomic mass is 9.61. The first-order valence-corrected chi connectivity index (χ1v) is 47.3. The molecule has 2 atom stereocenters. The maximum Gasteiger partial charge on any atom is 0.181 e. The van der Waals surface area contributed by atoms with Gasteiger partial charge in [-0.3, -0.25) is 0 Å². The molecule has 5 heterocycles. The molecule has 0 N–H and O–H groups in total. The summed E-state index contributed by atoms with van der Waals surface area (Å²) in [6.07, 6.45) is 14.6. The minimum Gasteiger partial charge on any atom is -0.457 e. The molecule has 1 fully saturated rings. The highest BCUT2D eigenvalue weighted by Gasteiger charge is 2.53. The standard InChI is InChI=1S/C26H18.C25H18Si.C14H12.C13H10O.C13H10S.C13H10Si.C13H16/c2*1-5-13-22-18(9-1)17-19-10-2-6-14-23(19)26(22)24-15-7-3-11-20(24)21-12-4-8-16-25(21)26;1-2-6-12-10-14-8-4-3-7-13(14)9-11(12)5-1;3*1-3-7-12-10(5-1)9-11-6-2-4-8-13(11)14-12;1-3-7-12-10(5-1)9-11-6-2-4-8-13(11)12/h2*1-16H,17H2;1-8H,9-10H2;3*1-8H,9H2;1,3,5,7,11,13H,2,4,6,8-9H2. The first-order chi connectivity index (χ1) is 60.0. The average molecular weight is 1600 g/mol. The van der Waals surface area contributed by atoms with Crippen LogP contribution in [0.3, 0.4) is 0 Å². The Kier molecular flexibility index (Phi) is 21.0. The second-order valence-electron chi connectivity index (χ2n) is 33.7. The summed E-state index contributed by atoms with van der Waals surface area (Å²) in [7, 11) is -1.36. The van der Waals surface area contributed by atoms with Gasteiger partial charge in [-0.2, -0.15) is 0 Å². The largest absolute Gasteiger partial charge is 0.457 e. The molecular weight excluding hydrogens is 1510 g/mol. The van der Waals surface area contributed by atoms with Crippen molar-refractivity contribution in [1.82, 2.24) is 0 Å². The lowest BCUT2D eigenvalue weighted by Gasteiger charge is -2.40. The number of rotatable bonds is 0. The first kappa shape index (κ1) is 75.8. The quantitative estimate of drug-likeness (QED) is 0.140. The molecule has 121 heavy (non-hydrogen) atoms. The number of hydrogen-bond donors (Lipinski definition) is 0. The SMILES string of the molecule is c1ccc2c(c1)CC1CCCCC21.c1ccc2c(c1)Cc1ccccc1C2.c1ccc2c(c1)Cc1ccccc1C21c2ccccc2-c2ccccc21.c1ccc2c(c1)Cc1ccccc1O2.c1ccc2c(c1)Cc1ccccc1S2.c1ccc2c(c1)Cc1ccccc1[Si]2.c1ccc2c(c1)Cc1ccccc1[Si]21c2ccccc2-c2ccccc21. The zero-order chi connectivity index (χ0) is 80.5. The van der Waals surface area contributed by atoms with Crippen molar-refractivity contribution >= 4 is 60.5 Å². The van der Waals surface area contributed by atoms with Crippen LogP contribution in [0, 0.1) is 5.92 Å². The molecule has 2 spiro atoms. The molecule has 2 unspecified atom stereocenters. The molecule has 10 aliphatic rings. The lowest BCUT2D eigenvalue weighted by molar-refractivity contribution is 0.330. The van der Waals surface area contributed by atoms with Crippen molar-refractivity contribution in [3.8, 4) is 33.8 Å². The predicted molar refractivity (Wildman–Crippen MR) is 508 cm³/mol. The lowest BCUT2D eigenvalue weighted by Crippen LogP contribution is -2.75. The normalized spacial score (nSPS) is 15.8. The zero-order valence-corrected chi connectivity index (χ0v) is 71.0. The van der Waals surface area contributed by atoms with Gasteiger partial charge in [0.05, 0.1) is 5.41 Å². The molecule has 17 aromatic rings. The van der Waals surface area contributed by atoms with Crippen LogP contribution in [-0.2, 0) is 56.8 Å². The maximum absolute atomic E-state index is 5.78. The smallest absolute Gasteiger partial charge is 0.181 e. The van der Waals surface area contributed by atoms with Gasteiger partial charge in [0.15, 0.2) is 8.07 Å². The fourth-order valence-corrected chi connectivity index (χ4v) is 29.6. The molecule has 1 nitrogen and oxygen atoms in total. The van der Waals surface area contributed by atoms with Crippen molar-refractivity contribution < 1.29 is 4.74 Å². The van der Waals surface area contributed by atoms with Crippen LogP contribution in [0.5, 0.6) is 11.5 Å². The van der Waals surface area contributed by atoms with Gasteiger partial charge < -0.3 is 4.74 Å². The van der Waals surface area contributed by atoms with Crippen molar-refractivity contribution in [3.05, 3.63) is 524 Å². The molecule has 17 aromatic carbocycles. The fraction of sp³-hybridized carbons (Fsp3) is 0.128. The van der Waals surface area contributed by atoms with Crippen molar-refractivity contribution in [1.29, 1.82) is 0 Å². The van der Waals surface area contributed by atoms with Crippen LogP contribution in [-0.4, -0.2) is 17.6 Å². The molecule has 0 saturated heterocycles. The van der Waals surface area contributed by atoms with E-state index in [-0.39, 0.29) is 5.41 Å². The fourth-order valence-electron chi connectivity index (χ4n) is 21.5. The number of fused-ring (bicyclic) bond motifs is 29. The minimum absolute atomic E-state index is 0.196. The van der Waals surface area contributed by atoms with E-state index in [0.29, 0.717) is 0 Å². The van der Waals surface area contributed by atoms with Crippen LogP contribution in [0.1, 0.15) is 143 Å². The minimum atomic E-state index is -2.20. The Morgan fingerprint density at radius 1 is 0.248 bits per heavy atom. The third kappa shape index (κ3) is 14.2. The molecule has 4 heteroatoms. The van der Waals surface area contributed by atoms with Crippen molar-refractivity contribution in [2.45, 2.75) is 98.2 Å². The Bertz CT molecular complexity index is 5640. The van der Waals surface area contributed by atoms with Gasteiger partial charge in [-0.15, -0.1) is 0 Å². The molecule has 0 bridgehead atoms. The average Bonchev–Trinajstić information content (AvgIpc) is 1.63. The highest BCUT2D eigenvalue weighted by Crippen LogP contribution is 2.59. The predicted octanol–water partition coefficient (Wildman–Crippen LogP) is 24.0. The summed E-state index contributed by atoms with van der Waals surface area (Å²) < 4.78 is 5.78. The zero-order valence-electron chi connectivity index (χ0n) is 68.2. The molecule has 582 valence electrons. The van der Waals surface area contributed by atoms with Crippen molar-refractivity contribution in [2.75, 3.05) is 0 Å². The Morgan fingerprint density at radius 3 is 1.06 bits per heavy atom. The number of ether oxygens (including phenoxy) is 1. The summed E-state index contributed by atoms with van der Waals surface area (Å²) >= 11 is 1.88. The van der Waals surface area contributed by atoms with Crippen molar-refractivity contribution in [2.24, 2.45) is 5.92 Å². The van der Waals surface area contributed by atoms with E-state index in [1.807, 2.05) is 36.0 Å². The van der Waals surface area contributed by atoms with Gasteiger partial charge >= 0.3 is 0 Å². The molecule has 0 amide bonds. The Labute approximate surface area is 721 Å². The highest BCUT2D eigenvalue weighted by molar-refractivity contribution is 7.99. The second kappa shape index (κ2) is 33.5. The third-order valence-corrected chi connectivity index (χ3v) is 34.8. The monoisotopic (exact) mass is 1600 g/mol. The first-order valence-electron chi connectivity index (χ1n) is 43.5. The molecule has 27 rings (SSSR count). The van der Waals surface area contributed by atoms with E-state index in [1.165, 1.54) is 175 Å². The van der Waals surface area contributed by atoms with Gasteiger partial charge in [0.25, 0.3) is 0 Å². The summed E-state index contributed by atoms with van der Waals surface area (Å²) in [5, 5.41) is 9.31. The van der Waals surface area contributed by atoms with Gasteiger partial charge in [-0.25, -0.2) is 0 Å². The van der Waals surface area contributed by atoms with Crippen LogP contribution in [0.2, 0.25) is 0 Å². The van der Waals surface area contributed by atoms with E-state index in [4.69, 9.17) is 4.74 Å². The molecule has 0 aromatic heterocycles. The molecule has 5 aliphatic heterocycles. The number of hydrogen-bond acceptors (Lipinski definition) is 2. The summed E-state index contributed by atoms with van der Waals surface area (Å²) in [5.41, 5.74) is 34.8. The van der Waals surface area contributed by atoms with E-state index in [9.17, 15) is 0 Å². The Hall–Kier alpha value is -12.7. The summed E-state index contributed by atoms with van der Waals surface area (Å²) in [4.78, 5) is 2.82. The molecule has 5 aliphatic carbocycles. The molecular formula is C117H94OSSi2. The second-order valence-corrected chi connectivity index (χ2v) is 39.8. The third-order valence-electron chi connectivity index (χ3n) is 27.0. The van der Waals surface area contributed by atoms with E-state index in [1.54, 1.807) is 31.9 Å². The van der Waals surface area contributed by atoms with Crippen molar-refractivity contribution in [3.63, 3.8) is 0 Å². The van der Waals surface area contributed by atoms with Gasteiger partial charge in [0.2, 0.25) is 0 Å². The van der Waals surface area contributed by atoms with E-state index in [2.05, 4.69) is 388 Å².